The van der Waals surface area contributed by atoms with Crippen LogP contribution in [0.15, 0.2) is 41.7 Å². The van der Waals surface area contributed by atoms with E-state index in [9.17, 15) is 14.4 Å². The molecule has 1 aliphatic carbocycles. The Bertz CT molecular complexity index is 1250. The highest BCUT2D eigenvalue weighted by Crippen LogP contribution is 2.35. The lowest BCUT2D eigenvalue weighted by Gasteiger charge is -2.33. The fourth-order valence-electron chi connectivity index (χ4n) is 5.19. The number of aromatic nitrogens is 1. The molecule has 2 fully saturated rings. The summed E-state index contributed by atoms with van der Waals surface area (Å²) in [6.07, 6.45) is 7.16. The minimum absolute atomic E-state index is 0.0359. The van der Waals surface area contributed by atoms with Crippen LogP contribution in [0.3, 0.4) is 0 Å². The number of hydrogen-bond donors (Lipinski definition) is 3. The van der Waals surface area contributed by atoms with E-state index in [2.05, 4.69) is 20.5 Å². The predicted molar refractivity (Wildman–Crippen MR) is 171 cm³/mol. The molecule has 2 aromatic rings. The maximum Gasteiger partial charge on any atom is 0.307 e. The molecule has 1 amide bonds. The highest BCUT2D eigenvalue weighted by molar-refractivity contribution is 7.13. The number of allylic oxidation sites excluding steroid dienone is 1. The summed E-state index contributed by atoms with van der Waals surface area (Å²) in [5.41, 5.74) is 5.76. The number of nitrogens with one attached hydrogen (secondary N) is 2. The van der Waals surface area contributed by atoms with E-state index in [0.29, 0.717) is 5.92 Å². The van der Waals surface area contributed by atoms with Crippen molar-refractivity contribution in [2.75, 3.05) is 27.7 Å². The molecule has 3 atom stereocenters. The van der Waals surface area contributed by atoms with Gasteiger partial charge in [-0.25, -0.2) is 10.8 Å². The summed E-state index contributed by atoms with van der Waals surface area (Å²) < 4.78 is 4.82. The number of rotatable bonds is 11. The number of carbonyl (C=O) groups is 3. The molecule has 0 spiro atoms. The number of ether oxygens (including phenoxy) is 1. The van der Waals surface area contributed by atoms with E-state index >= 15 is 0 Å². The molecule has 236 valence electrons. The summed E-state index contributed by atoms with van der Waals surface area (Å²) >= 11 is 1.60. The molecule has 1 aromatic carbocycles. The number of hydrogen-bond acceptors (Lipinski definition) is 10. The number of amides is 1. The first-order chi connectivity index (χ1) is 20.4. The second-order valence-corrected chi connectivity index (χ2v) is 13.2. The van der Waals surface area contributed by atoms with Crippen LogP contribution in [0.25, 0.3) is 10.4 Å². The average Bonchev–Trinajstić information content (AvgIpc) is 3.58. The van der Waals surface area contributed by atoms with Gasteiger partial charge in [-0.2, -0.15) is 0 Å². The molecule has 0 radical (unpaired) electrons. The van der Waals surface area contributed by atoms with Crippen molar-refractivity contribution in [2.45, 2.75) is 77.9 Å². The maximum absolute atomic E-state index is 12.7. The van der Waals surface area contributed by atoms with Crippen LogP contribution in [0.2, 0.25) is 0 Å². The zero-order chi connectivity index (χ0) is 31.7. The molecular formula is C32H48N6O4S. The number of aryl methyl sites for hydroxylation is 1. The number of aldehydes is 1. The number of nitrogens with two attached hydrogens (primary N) is 1. The lowest BCUT2D eigenvalue weighted by atomic mass is 9.87. The van der Waals surface area contributed by atoms with Crippen LogP contribution in [-0.2, 0) is 19.1 Å². The number of benzene rings is 1. The SMILES string of the molecule is CN/C(=C\N(N)C(C=O)C(C)(C)C)C1CC1.COC(=O)CC(NC(=O)C1CCCN1C)c1ccc(-c2scnc2C)cc1. The lowest BCUT2D eigenvalue weighted by Crippen LogP contribution is -2.46. The minimum Gasteiger partial charge on any atom is -0.469 e. The van der Waals surface area contributed by atoms with Crippen LogP contribution in [0.4, 0.5) is 0 Å². The van der Waals surface area contributed by atoms with Gasteiger partial charge in [0.05, 0.1) is 41.7 Å². The van der Waals surface area contributed by atoms with Gasteiger partial charge in [0.15, 0.2) is 0 Å². The van der Waals surface area contributed by atoms with Crippen LogP contribution >= 0.6 is 11.3 Å². The number of likely N-dealkylation sites (N-methyl/N-ethyl adjacent to an activating group) is 1. The Morgan fingerprint density at radius 2 is 1.91 bits per heavy atom. The molecule has 2 heterocycles. The Kier molecular flexibility index (Phi) is 12.3. The second-order valence-electron chi connectivity index (χ2n) is 12.4. The van der Waals surface area contributed by atoms with E-state index in [-0.39, 0.29) is 35.8 Å². The van der Waals surface area contributed by atoms with Gasteiger partial charge >= 0.3 is 5.97 Å². The fourth-order valence-corrected chi connectivity index (χ4v) is 6.00. The normalized spacial score (nSPS) is 18.6. The van der Waals surface area contributed by atoms with Gasteiger partial charge in [-0.15, -0.1) is 11.3 Å². The third kappa shape index (κ3) is 9.61. The minimum atomic E-state index is -0.407. The summed E-state index contributed by atoms with van der Waals surface area (Å²) in [6.45, 7) is 8.93. The van der Waals surface area contributed by atoms with Crippen molar-refractivity contribution in [3.63, 3.8) is 0 Å². The van der Waals surface area contributed by atoms with Gasteiger partial charge in [-0.05, 0) is 62.7 Å². The standard InChI is InChI=1S/C20H25N3O3S.C12H23N3O/c1-13-19(27-12-21-13)15-8-6-14(7-9-15)16(11-18(24)26-3)22-20(25)17-5-4-10-23(17)2;1-12(2,3)11(8-16)15(13)7-10(14-4)9-5-6-9/h6-9,12,16-17H,4-5,10-11H2,1-3H3,(H,22,25);7-9,11,14H,5-6,13H2,1-4H3/b;10-7-. The summed E-state index contributed by atoms with van der Waals surface area (Å²) in [6, 6.07) is 7.10. The Morgan fingerprint density at radius 3 is 2.37 bits per heavy atom. The Morgan fingerprint density at radius 1 is 1.23 bits per heavy atom. The number of hydrazine groups is 1. The second kappa shape index (κ2) is 15.4. The van der Waals surface area contributed by atoms with Crippen molar-refractivity contribution < 1.29 is 19.1 Å². The molecule has 11 heteroatoms. The molecule has 1 aliphatic heterocycles. The van der Waals surface area contributed by atoms with Gasteiger partial charge in [0.2, 0.25) is 5.91 Å². The van der Waals surface area contributed by atoms with E-state index in [1.807, 2.05) is 77.8 Å². The molecule has 1 saturated carbocycles. The van der Waals surface area contributed by atoms with Crippen molar-refractivity contribution in [3.8, 4) is 10.4 Å². The van der Waals surface area contributed by atoms with Gasteiger partial charge in [0.1, 0.15) is 12.3 Å². The summed E-state index contributed by atoms with van der Waals surface area (Å²) in [4.78, 5) is 43.1. The molecule has 0 bridgehead atoms. The van der Waals surface area contributed by atoms with Crippen LogP contribution in [0, 0.1) is 18.3 Å². The van der Waals surface area contributed by atoms with Gasteiger partial charge in [0.25, 0.3) is 0 Å². The van der Waals surface area contributed by atoms with Crippen LogP contribution < -0.4 is 16.5 Å². The van der Waals surface area contributed by atoms with Gasteiger partial charge in [-0.1, -0.05) is 45.0 Å². The molecule has 43 heavy (non-hydrogen) atoms. The van der Waals surface area contributed by atoms with E-state index in [1.54, 1.807) is 11.3 Å². The molecule has 3 unspecified atom stereocenters. The molecule has 4 rings (SSSR count). The number of carbonyl (C=O) groups excluding carboxylic acids is 3. The van der Waals surface area contributed by atoms with Gasteiger partial charge in [0, 0.05) is 24.9 Å². The molecule has 2 aliphatic rings. The zero-order valence-corrected chi connectivity index (χ0v) is 27.4. The third-order valence-electron chi connectivity index (χ3n) is 7.99. The van der Waals surface area contributed by atoms with E-state index in [1.165, 1.54) is 25.0 Å². The smallest absolute Gasteiger partial charge is 0.307 e. The number of likely N-dealkylation sites (tertiary alicyclic amines) is 1. The van der Waals surface area contributed by atoms with Gasteiger partial charge < -0.3 is 25.2 Å². The average molecular weight is 613 g/mol. The van der Waals surface area contributed by atoms with Crippen LogP contribution in [-0.4, -0.2) is 72.9 Å². The molecule has 1 aromatic heterocycles. The monoisotopic (exact) mass is 612 g/mol. The topological polar surface area (TPSA) is 130 Å². The number of nitrogens with zero attached hydrogens (tertiary/aromatic N) is 3. The highest BCUT2D eigenvalue weighted by Gasteiger charge is 2.31. The Labute approximate surface area is 260 Å². The van der Waals surface area contributed by atoms with E-state index < -0.39 is 6.04 Å². The van der Waals surface area contributed by atoms with Crippen molar-refractivity contribution in [1.29, 1.82) is 0 Å². The van der Waals surface area contributed by atoms with Gasteiger partial charge in [-0.3, -0.25) is 14.5 Å². The molecule has 10 nitrogen and oxygen atoms in total. The predicted octanol–water partition coefficient (Wildman–Crippen LogP) is 4.18. The third-order valence-corrected chi connectivity index (χ3v) is 8.97. The number of thiazole rings is 1. The molecular weight excluding hydrogens is 564 g/mol. The Hall–Kier alpha value is -3.28. The van der Waals surface area contributed by atoms with Crippen molar-refractivity contribution in [1.82, 2.24) is 25.5 Å². The van der Waals surface area contributed by atoms with E-state index in [0.717, 1.165) is 53.1 Å². The summed E-state index contributed by atoms with van der Waals surface area (Å²) in [5.74, 6) is 6.16. The number of esters is 1. The maximum atomic E-state index is 12.7. The van der Waals surface area contributed by atoms with E-state index in [4.69, 9.17) is 10.6 Å². The first-order valence-electron chi connectivity index (χ1n) is 14.8. The first kappa shape index (κ1) is 34.2. The van der Waals surface area contributed by atoms with Crippen molar-refractivity contribution in [3.05, 3.63) is 52.9 Å². The van der Waals surface area contributed by atoms with Crippen molar-refractivity contribution in [2.24, 2.45) is 17.2 Å². The fraction of sp³-hybridized carbons (Fsp3) is 0.562. The van der Waals surface area contributed by atoms with Crippen molar-refractivity contribution >= 4 is 29.5 Å². The lowest BCUT2D eigenvalue weighted by molar-refractivity contribution is -0.141. The molecule has 4 N–H and O–H groups in total. The first-order valence-corrected chi connectivity index (χ1v) is 15.7. The molecule has 1 saturated heterocycles. The summed E-state index contributed by atoms with van der Waals surface area (Å²) in [7, 11) is 5.21. The Balaban J connectivity index is 0.000000271. The van der Waals surface area contributed by atoms with Crippen LogP contribution in [0.5, 0.6) is 0 Å². The zero-order valence-electron chi connectivity index (χ0n) is 26.6. The van der Waals surface area contributed by atoms with Crippen LogP contribution in [0.1, 0.15) is 70.2 Å². The number of methoxy groups -OCH3 is 1. The summed E-state index contributed by atoms with van der Waals surface area (Å²) in [5, 5.41) is 7.72. The largest absolute Gasteiger partial charge is 0.469 e. The quantitative estimate of drug-likeness (QED) is 0.148. The highest BCUT2D eigenvalue weighted by atomic mass is 32.1.